The number of benzene rings is 1. The summed E-state index contributed by atoms with van der Waals surface area (Å²) in [5.41, 5.74) is -0.799. The SMILES string of the molecule is [B]C([B])([B])NC([B])(CC)C([B])([B])c1ccc2c(c1)OCO2. The van der Waals surface area contributed by atoms with E-state index in [0.29, 0.717) is 23.5 Å². The average molecular weight is 266 g/mol. The van der Waals surface area contributed by atoms with E-state index in [1.54, 1.807) is 25.1 Å². The van der Waals surface area contributed by atoms with Gasteiger partial charge in [-0.05, 0) is 24.0 Å². The molecule has 0 bridgehead atoms. The molecule has 0 saturated carbocycles. The van der Waals surface area contributed by atoms with Crippen molar-refractivity contribution in [3.05, 3.63) is 23.8 Å². The van der Waals surface area contributed by atoms with Crippen molar-refractivity contribution >= 4 is 47.1 Å². The highest BCUT2D eigenvalue weighted by Gasteiger charge is 2.41. The van der Waals surface area contributed by atoms with Crippen molar-refractivity contribution in [1.29, 1.82) is 0 Å². The molecule has 1 atom stereocenters. The molecule has 94 valence electrons. The lowest BCUT2D eigenvalue weighted by molar-refractivity contribution is 0.174. The number of hydrogen-bond donors (Lipinski definition) is 1. The van der Waals surface area contributed by atoms with Crippen LogP contribution in [0.4, 0.5) is 0 Å². The molecule has 2 rings (SSSR count). The van der Waals surface area contributed by atoms with Crippen LogP contribution in [0.3, 0.4) is 0 Å². The third kappa shape index (κ3) is 3.18. The van der Waals surface area contributed by atoms with Crippen LogP contribution in [0, 0.1) is 0 Å². The van der Waals surface area contributed by atoms with Gasteiger partial charge in [-0.15, -0.1) is 0 Å². The minimum atomic E-state index is -1.72. The van der Waals surface area contributed by atoms with Gasteiger partial charge < -0.3 is 14.8 Å². The van der Waals surface area contributed by atoms with Gasteiger partial charge in [0.05, 0.1) is 47.1 Å². The molecule has 0 saturated heterocycles. The Kier molecular flexibility index (Phi) is 4.27. The van der Waals surface area contributed by atoms with Crippen LogP contribution in [0.15, 0.2) is 18.2 Å². The van der Waals surface area contributed by atoms with Crippen molar-refractivity contribution in [2.75, 3.05) is 6.79 Å². The van der Waals surface area contributed by atoms with Crippen LogP contribution >= 0.6 is 0 Å². The maximum Gasteiger partial charge on any atom is 0.231 e. The Labute approximate surface area is 133 Å². The van der Waals surface area contributed by atoms with E-state index in [-0.39, 0.29) is 6.79 Å². The van der Waals surface area contributed by atoms with E-state index in [0.717, 1.165) is 0 Å². The summed E-state index contributed by atoms with van der Waals surface area (Å²) in [4.78, 5) is 0. The minimum absolute atomic E-state index is 0.151. The van der Waals surface area contributed by atoms with Gasteiger partial charge in [0.15, 0.2) is 11.5 Å². The van der Waals surface area contributed by atoms with Crippen LogP contribution in [0.25, 0.3) is 0 Å². The number of nitrogens with one attached hydrogen (secondary N) is 1. The van der Waals surface area contributed by atoms with Gasteiger partial charge in [-0.2, -0.15) is 0 Å². The quantitative estimate of drug-likeness (QED) is 0.685. The zero-order chi connectivity index (χ0) is 15.9. The Hall–Kier alpha value is -0.830. The Balaban J connectivity index is 2.39. The predicted octanol–water partition coefficient (Wildman–Crippen LogP) is -1.11. The molecule has 0 spiro atoms. The first-order valence-electron chi connectivity index (χ1n) is 6.52. The lowest BCUT2D eigenvalue weighted by atomic mass is 9.35. The Morgan fingerprint density at radius 2 is 1.67 bits per heavy atom. The van der Waals surface area contributed by atoms with Gasteiger partial charge in [-0.1, -0.05) is 29.0 Å². The molecule has 0 aliphatic carbocycles. The molecular weight excluding hydrogens is 255 g/mol. The maximum absolute atomic E-state index is 6.27. The van der Waals surface area contributed by atoms with Gasteiger partial charge in [0.1, 0.15) is 0 Å². The van der Waals surface area contributed by atoms with Gasteiger partial charge in [0, 0.05) is 0 Å². The molecule has 0 amide bonds. The Bertz CT molecular complexity index is 533. The summed E-state index contributed by atoms with van der Waals surface area (Å²) in [6.45, 7) is 1.94. The smallest absolute Gasteiger partial charge is 0.231 e. The van der Waals surface area contributed by atoms with Crippen LogP contribution in [0.5, 0.6) is 11.5 Å². The summed E-state index contributed by atoms with van der Waals surface area (Å²) < 4.78 is 10.6. The van der Waals surface area contributed by atoms with E-state index in [9.17, 15) is 0 Å². The van der Waals surface area contributed by atoms with E-state index in [4.69, 9.17) is 56.6 Å². The van der Waals surface area contributed by atoms with Gasteiger partial charge in [-0.25, -0.2) is 0 Å². The highest BCUT2D eigenvalue weighted by Crippen LogP contribution is 2.38. The minimum Gasteiger partial charge on any atom is -0.454 e. The molecule has 1 heterocycles. The highest BCUT2D eigenvalue weighted by molar-refractivity contribution is 6.59. The number of fused-ring (bicyclic) bond motifs is 1. The van der Waals surface area contributed by atoms with E-state index in [1.165, 1.54) is 0 Å². The summed E-state index contributed by atoms with van der Waals surface area (Å²) >= 11 is 0. The zero-order valence-corrected chi connectivity index (χ0v) is 11.9. The lowest BCUT2D eigenvalue weighted by Crippen LogP contribution is -2.69. The van der Waals surface area contributed by atoms with Gasteiger partial charge >= 0.3 is 0 Å². The van der Waals surface area contributed by atoms with Crippen molar-refractivity contribution in [2.24, 2.45) is 0 Å². The monoisotopic (exact) mass is 267 g/mol. The van der Waals surface area contributed by atoms with E-state index in [2.05, 4.69) is 5.32 Å². The van der Waals surface area contributed by atoms with Crippen LogP contribution in [-0.2, 0) is 5.21 Å². The second kappa shape index (κ2) is 5.42. The highest BCUT2D eigenvalue weighted by atomic mass is 16.7. The first-order valence-corrected chi connectivity index (χ1v) is 6.52. The molecule has 1 aliphatic rings. The fraction of sp³-hybridized carbons (Fsp3) is 0.500. The summed E-state index contributed by atoms with van der Waals surface area (Å²) in [7, 11) is 35.5. The Morgan fingerprint density at radius 3 is 2.24 bits per heavy atom. The standard InChI is InChI=1S/C12H11B6NO2/c1-2-10(13,19-12(16,17)18)11(14,15)7-3-4-8-9(5-7)21-6-20-8/h3-5,19H,2,6H2,1H3. The van der Waals surface area contributed by atoms with Crippen LogP contribution < -0.4 is 14.8 Å². The number of ether oxygens (including phenoxy) is 2. The molecule has 1 unspecified atom stereocenters. The fourth-order valence-electron chi connectivity index (χ4n) is 2.28. The molecule has 1 aliphatic heterocycles. The third-order valence-electron chi connectivity index (χ3n) is 3.59. The van der Waals surface area contributed by atoms with Crippen molar-refractivity contribution in [2.45, 2.75) is 29.2 Å². The molecule has 21 heavy (non-hydrogen) atoms. The van der Waals surface area contributed by atoms with Gasteiger partial charge in [-0.3, -0.25) is 0 Å². The molecule has 0 aromatic heterocycles. The van der Waals surface area contributed by atoms with Crippen molar-refractivity contribution in [3.63, 3.8) is 0 Å². The average Bonchev–Trinajstić information content (AvgIpc) is 2.83. The van der Waals surface area contributed by atoms with E-state index < -0.39 is 15.9 Å². The third-order valence-corrected chi connectivity index (χ3v) is 3.59. The van der Waals surface area contributed by atoms with E-state index in [1.807, 2.05) is 0 Å². The fourth-order valence-corrected chi connectivity index (χ4v) is 2.28. The van der Waals surface area contributed by atoms with Gasteiger partial charge in [0.2, 0.25) is 6.79 Å². The van der Waals surface area contributed by atoms with Crippen molar-refractivity contribution in [1.82, 2.24) is 5.32 Å². The number of rotatable bonds is 5. The summed E-state index contributed by atoms with van der Waals surface area (Å²) in [5.74, 6) is 1.16. The van der Waals surface area contributed by atoms with E-state index >= 15 is 0 Å². The molecule has 0 fully saturated rings. The second-order valence-corrected chi connectivity index (χ2v) is 5.32. The van der Waals surface area contributed by atoms with Crippen molar-refractivity contribution < 1.29 is 9.47 Å². The summed E-state index contributed by atoms with van der Waals surface area (Å²) in [6, 6.07) is 5.09. The number of hydrogen-bond acceptors (Lipinski definition) is 3. The predicted molar refractivity (Wildman–Crippen MR) is 87.7 cm³/mol. The van der Waals surface area contributed by atoms with Crippen LogP contribution in [0.1, 0.15) is 18.9 Å². The molecule has 1 aromatic carbocycles. The summed E-state index contributed by atoms with van der Waals surface area (Å²) in [5, 5.41) is -0.533. The topological polar surface area (TPSA) is 30.5 Å². The zero-order valence-electron chi connectivity index (χ0n) is 11.9. The first-order chi connectivity index (χ1) is 9.59. The Morgan fingerprint density at radius 1 is 1.05 bits per heavy atom. The molecule has 1 aromatic rings. The first kappa shape index (κ1) is 16.5. The largest absolute Gasteiger partial charge is 0.454 e. The normalized spacial score (nSPS) is 17.4. The van der Waals surface area contributed by atoms with Gasteiger partial charge in [0.25, 0.3) is 0 Å². The second-order valence-electron chi connectivity index (χ2n) is 5.32. The molecule has 12 radical (unpaired) electrons. The van der Waals surface area contributed by atoms with Crippen LogP contribution in [0.2, 0.25) is 0 Å². The molecule has 1 N–H and O–H groups in total. The van der Waals surface area contributed by atoms with Crippen LogP contribution in [-0.4, -0.2) is 64.5 Å². The lowest BCUT2D eigenvalue weighted by Gasteiger charge is -2.51. The van der Waals surface area contributed by atoms with Crippen molar-refractivity contribution in [3.8, 4) is 11.5 Å². The molecular formula is C12H11B6NO2. The molecule has 3 nitrogen and oxygen atoms in total. The summed E-state index contributed by atoms with van der Waals surface area (Å²) in [6.07, 6.45) is 0.335. The maximum atomic E-state index is 6.27. The molecule has 9 heteroatoms.